The van der Waals surface area contributed by atoms with E-state index in [-0.39, 0.29) is 6.04 Å². The van der Waals surface area contributed by atoms with Crippen molar-refractivity contribution in [2.24, 2.45) is 7.05 Å². The predicted molar refractivity (Wildman–Crippen MR) is 103 cm³/mol. The van der Waals surface area contributed by atoms with Crippen LogP contribution in [0.3, 0.4) is 0 Å². The Morgan fingerprint density at radius 3 is 2.85 bits per heavy atom. The number of hydrogen-bond acceptors (Lipinski definition) is 5. The number of rotatable bonds is 5. The first kappa shape index (κ1) is 16.9. The van der Waals surface area contributed by atoms with Gasteiger partial charge in [0, 0.05) is 37.3 Å². The van der Waals surface area contributed by atoms with Crippen LogP contribution in [0.1, 0.15) is 55.6 Å². The van der Waals surface area contributed by atoms with E-state index in [9.17, 15) is 0 Å². The highest BCUT2D eigenvalue weighted by Gasteiger charge is 2.23. The molecule has 4 rings (SSSR count). The molecule has 26 heavy (non-hydrogen) atoms. The fourth-order valence-corrected chi connectivity index (χ4v) is 3.82. The molecule has 0 amide bonds. The van der Waals surface area contributed by atoms with Crippen LogP contribution < -0.4 is 5.32 Å². The van der Waals surface area contributed by atoms with Crippen LogP contribution in [-0.4, -0.2) is 30.8 Å². The molecule has 6 heteroatoms. The van der Waals surface area contributed by atoms with Crippen molar-refractivity contribution in [3.8, 4) is 0 Å². The van der Waals surface area contributed by atoms with Crippen LogP contribution in [0.4, 0.5) is 5.82 Å². The van der Waals surface area contributed by atoms with Crippen molar-refractivity contribution in [2.75, 3.05) is 5.32 Å². The summed E-state index contributed by atoms with van der Waals surface area (Å²) in [4.78, 5) is 14.2. The monoisotopic (exact) mass is 350 g/mol. The zero-order valence-corrected chi connectivity index (χ0v) is 15.7. The third-order valence-electron chi connectivity index (χ3n) is 5.33. The maximum Gasteiger partial charge on any atom is 0.163 e. The average Bonchev–Trinajstić information content (AvgIpc) is 3.28. The molecule has 3 heterocycles. The number of fused-ring (bicyclic) bond motifs is 1. The van der Waals surface area contributed by atoms with Crippen molar-refractivity contribution < 1.29 is 0 Å². The summed E-state index contributed by atoms with van der Waals surface area (Å²) in [6, 6.07) is 4.31. The summed E-state index contributed by atoms with van der Waals surface area (Å²) in [5, 5.41) is 8.97. The third-order valence-corrected chi connectivity index (χ3v) is 5.33. The number of nitrogens with one attached hydrogen (secondary N) is 1. The van der Waals surface area contributed by atoms with E-state index in [0.717, 1.165) is 34.8 Å². The van der Waals surface area contributed by atoms with Crippen LogP contribution in [0.25, 0.3) is 11.0 Å². The molecule has 0 spiro atoms. The van der Waals surface area contributed by atoms with Gasteiger partial charge in [-0.3, -0.25) is 9.67 Å². The van der Waals surface area contributed by atoms with Gasteiger partial charge in [0.15, 0.2) is 5.65 Å². The number of pyridine rings is 1. The second kappa shape index (κ2) is 7.02. The molecule has 0 saturated heterocycles. The quantitative estimate of drug-likeness (QED) is 0.758. The summed E-state index contributed by atoms with van der Waals surface area (Å²) < 4.78 is 1.84. The summed E-state index contributed by atoms with van der Waals surface area (Å²) in [5.74, 6) is 2.33. The van der Waals surface area contributed by atoms with E-state index >= 15 is 0 Å². The molecule has 1 aliphatic rings. The van der Waals surface area contributed by atoms with Crippen molar-refractivity contribution in [1.29, 1.82) is 0 Å². The average molecular weight is 350 g/mol. The van der Waals surface area contributed by atoms with E-state index in [4.69, 9.17) is 9.97 Å². The maximum atomic E-state index is 4.90. The topological polar surface area (TPSA) is 68.5 Å². The van der Waals surface area contributed by atoms with E-state index < -0.39 is 0 Å². The lowest BCUT2D eigenvalue weighted by Crippen LogP contribution is -2.21. The lowest BCUT2D eigenvalue weighted by molar-refractivity contribution is 0.665. The van der Waals surface area contributed by atoms with E-state index in [1.54, 1.807) is 0 Å². The molecule has 0 unspecified atom stereocenters. The van der Waals surface area contributed by atoms with Gasteiger partial charge in [0.2, 0.25) is 0 Å². The fraction of sp³-hybridized carbons (Fsp3) is 0.500. The summed E-state index contributed by atoms with van der Waals surface area (Å²) >= 11 is 0. The summed E-state index contributed by atoms with van der Waals surface area (Å²) in [5.41, 5.74) is 3.26. The fourth-order valence-electron chi connectivity index (χ4n) is 3.82. The van der Waals surface area contributed by atoms with Gasteiger partial charge in [-0.15, -0.1) is 0 Å². The molecule has 1 fully saturated rings. The van der Waals surface area contributed by atoms with Gasteiger partial charge in [0.05, 0.1) is 11.6 Å². The Labute approximate surface area is 154 Å². The maximum absolute atomic E-state index is 4.90. The van der Waals surface area contributed by atoms with E-state index in [2.05, 4.69) is 35.3 Å². The normalized spacial score (nSPS) is 16.3. The van der Waals surface area contributed by atoms with Crippen LogP contribution in [0.5, 0.6) is 0 Å². The molecule has 0 bridgehead atoms. The van der Waals surface area contributed by atoms with Crippen LogP contribution in [0.15, 0.2) is 24.5 Å². The summed E-state index contributed by atoms with van der Waals surface area (Å²) in [7, 11) is 1.94. The zero-order valence-electron chi connectivity index (χ0n) is 15.7. The highest BCUT2D eigenvalue weighted by molar-refractivity contribution is 5.86. The van der Waals surface area contributed by atoms with Crippen molar-refractivity contribution in [3.05, 3.63) is 41.6 Å². The van der Waals surface area contributed by atoms with E-state index in [0.29, 0.717) is 5.92 Å². The first-order valence-corrected chi connectivity index (χ1v) is 9.48. The molecule has 1 N–H and O–H groups in total. The minimum atomic E-state index is 0.221. The Bertz CT molecular complexity index is 910. The molecule has 0 radical (unpaired) electrons. The first-order valence-electron chi connectivity index (χ1n) is 9.48. The second-order valence-electron chi connectivity index (χ2n) is 7.43. The highest BCUT2D eigenvalue weighted by atomic mass is 15.3. The van der Waals surface area contributed by atoms with Crippen molar-refractivity contribution in [3.63, 3.8) is 0 Å². The van der Waals surface area contributed by atoms with E-state index in [1.807, 2.05) is 30.2 Å². The van der Waals surface area contributed by atoms with Crippen LogP contribution in [0, 0.1) is 6.92 Å². The Morgan fingerprint density at radius 1 is 1.27 bits per heavy atom. The molecule has 1 aliphatic carbocycles. The molecule has 1 saturated carbocycles. The Morgan fingerprint density at radius 2 is 2.08 bits per heavy atom. The molecule has 136 valence electrons. The third kappa shape index (κ3) is 3.28. The minimum Gasteiger partial charge on any atom is -0.367 e. The molecule has 3 aromatic heterocycles. The molecule has 0 aromatic carbocycles. The first-order chi connectivity index (χ1) is 12.6. The van der Waals surface area contributed by atoms with Gasteiger partial charge in [0.25, 0.3) is 0 Å². The van der Waals surface area contributed by atoms with Crippen LogP contribution in [-0.2, 0) is 13.5 Å². The number of nitrogens with zero attached hydrogens (tertiary/aromatic N) is 5. The van der Waals surface area contributed by atoms with Crippen LogP contribution in [0.2, 0.25) is 0 Å². The van der Waals surface area contributed by atoms with Gasteiger partial charge in [-0.25, -0.2) is 9.97 Å². The smallest absolute Gasteiger partial charge is 0.163 e. The van der Waals surface area contributed by atoms with Gasteiger partial charge in [-0.2, -0.15) is 5.10 Å². The SMILES string of the molecule is Cc1cccnc1C[C@@H](C)Nc1nc(C2CCCC2)nc2c1cnn2C. The van der Waals surface area contributed by atoms with Crippen molar-refractivity contribution in [1.82, 2.24) is 24.7 Å². The lowest BCUT2D eigenvalue weighted by atomic mass is 10.1. The lowest BCUT2D eigenvalue weighted by Gasteiger charge is -2.17. The molecule has 1 atom stereocenters. The van der Waals surface area contributed by atoms with Crippen LogP contribution >= 0.6 is 0 Å². The van der Waals surface area contributed by atoms with Gasteiger partial charge >= 0.3 is 0 Å². The Balaban J connectivity index is 1.63. The van der Waals surface area contributed by atoms with Crippen molar-refractivity contribution >= 4 is 16.9 Å². The molecular weight excluding hydrogens is 324 g/mol. The van der Waals surface area contributed by atoms with E-state index in [1.165, 1.54) is 31.2 Å². The number of aromatic nitrogens is 5. The highest BCUT2D eigenvalue weighted by Crippen LogP contribution is 2.34. The standard InChI is InChI=1S/C20H26N6/c1-13-7-6-10-21-17(13)11-14(2)23-19-16-12-22-26(3)20(16)25-18(24-19)15-8-4-5-9-15/h6-7,10,12,14-15H,4-5,8-9,11H2,1-3H3,(H,23,24,25)/t14-/m1/s1. The summed E-state index contributed by atoms with van der Waals surface area (Å²) in [6.45, 7) is 4.28. The molecule has 3 aromatic rings. The van der Waals surface area contributed by atoms with Gasteiger partial charge in [-0.1, -0.05) is 18.9 Å². The Hall–Kier alpha value is -2.50. The van der Waals surface area contributed by atoms with Crippen molar-refractivity contribution in [2.45, 2.75) is 57.9 Å². The molecule has 0 aliphatic heterocycles. The molecular formula is C20H26N6. The van der Waals surface area contributed by atoms with Gasteiger partial charge < -0.3 is 5.32 Å². The van der Waals surface area contributed by atoms with Gasteiger partial charge in [-0.05, 0) is 38.3 Å². The summed E-state index contributed by atoms with van der Waals surface area (Å²) in [6.07, 6.45) is 9.49. The Kier molecular flexibility index (Phi) is 4.57. The zero-order chi connectivity index (χ0) is 18.1. The number of hydrogen-bond donors (Lipinski definition) is 1. The van der Waals surface area contributed by atoms with Gasteiger partial charge in [0.1, 0.15) is 11.6 Å². The minimum absolute atomic E-state index is 0.221. The second-order valence-corrected chi connectivity index (χ2v) is 7.43. The molecule has 6 nitrogen and oxygen atoms in total. The largest absolute Gasteiger partial charge is 0.367 e. The number of anilines is 1. The predicted octanol–water partition coefficient (Wildman–Crippen LogP) is 3.77. The number of aryl methyl sites for hydroxylation is 2.